The summed E-state index contributed by atoms with van der Waals surface area (Å²) in [5.74, 6) is 0.528. The largest absolute Gasteiger partial charge is 0.453 e. The SMILES string of the molecule is COC(=O)NC1CC=C(c2c[nH]c3cc(N=C(N)c4cccs4)ccc23)CC1. The fourth-order valence-corrected chi connectivity index (χ4v) is 4.13. The van der Waals surface area contributed by atoms with Crippen LogP contribution in [0.2, 0.25) is 0 Å². The van der Waals surface area contributed by atoms with Crippen molar-refractivity contribution in [3.63, 3.8) is 0 Å². The van der Waals surface area contributed by atoms with Crippen LogP contribution >= 0.6 is 11.3 Å². The van der Waals surface area contributed by atoms with E-state index in [1.54, 1.807) is 11.3 Å². The number of thiophene rings is 1. The van der Waals surface area contributed by atoms with Crippen LogP contribution in [0.15, 0.2) is 53.0 Å². The Morgan fingerprint density at radius 1 is 1.39 bits per heavy atom. The molecule has 0 radical (unpaired) electrons. The number of amidine groups is 1. The molecule has 1 atom stereocenters. The van der Waals surface area contributed by atoms with E-state index in [9.17, 15) is 4.79 Å². The minimum atomic E-state index is -0.371. The molecule has 28 heavy (non-hydrogen) atoms. The fourth-order valence-electron chi connectivity index (χ4n) is 3.50. The standard InChI is InChI=1S/C21H22N4O2S/c1-27-21(26)25-14-6-4-13(5-7-14)17-12-23-18-11-15(8-9-16(17)18)24-20(22)19-3-2-10-28-19/h2-4,8-12,14,23H,5-7H2,1H3,(H2,22,24)(H,25,26). The summed E-state index contributed by atoms with van der Waals surface area (Å²) < 4.78 is 4.68. The Morgan fingerprint density at radius 2 is 2.29 bits per heavy atom. The van der Waals surface area contributed by atoms with E-state index in [4.69, 9.17) is 5.73 Å². The number of rotatable bonds is 4. The summed E-state index contributed by atoms with van der Waals surface area (Å²) >= 11 is 1.58. The van der Waals surface area contributed by atoms with Gasteiger partial charge in [-0.1, -0.05) is 18.2 Å². The van der Waals surface area contributed by atoms with E-state index in [-0.39, 0.29) is 12.1 Å². The third-order valence-electron chi connectivity index (χ3n) is 4.95. The molecule has 1 aliphatic carbocycles. The first kappa shape index (κ1) is 18.3. The highest BCUT2D eigenvalue weighted by Gasteiger charge is 2.19. The summed E-state index contributed by atoms with van der Waals surface area (Å²) in [7, 11) is 1.39. The highest BCUT2D eigenvalue weighted by Crippen LogP contribution is 2.33. The number of allylic oxidation sites excluding steroid dienone is 1. The first-order valence-corrected chi connectivity index (χ1v) is 10.0. The summed E-state index contributed by atoms with van der Waals surface area (Å²) in [4.78, 5) is 20.2. The van der Waals surface area contributed by atoms with Crippen LogP contribution in [0.5, 0.6) is 0 Å². The van der Waals surface area contributed by atoms with Gasteiger partial charge in [-0.25, -0.2) is 9.79 Å². The number of fused-ring (bicyclic) bond motifs is 1. The molecule has 7 heteroatoms. The number of nitrogens with zero attached hydrogens (tertiary/aromatic N) is 1. The molecule has 4 N–H and O–H groups in total. The molecule has 1 amide bonds. The molecule has 1 aromatic carbocycles. The molecule has 2 aromatic heterocycles. The number of carbonyl (C=O) groups excluding carboxylic acids is 1. The zero-order valence-electron chi connectivity index (χ0n) is 15.6. The minimum absolute atomic E-state index is 0.127. The summed E-state index contributed by atoms with van der Waals surface area (Å²) in [6, 6.07) is 10.2. The van der Waals surface area contributed by atoms with E-state index < -0.39 is 0 Å². The number of nitrogens with one attached hydrogen (secondary N) is 2. The second-order valence-electron chi connectivity index (χ2n) is 6.74. The van der Waals surface area contributed by atoms with Gasteiger partial charge in [-0.3, -0.25) is 0 Å². The van der Waals surface area contributed by atoms with E-state index in [2.05, 4.69) is 32.2 Å². The molecule has 2 heterocycles. The molecule has 1 aliphatic rings. The lowest BCUT2D eigenvalue weighted by Gasteiger charge is -2.22. The third-order valence-corrected chi connectivity index (χ3v) is 5.85. The van der Waals surface area contributed by atoms with Gasteiger partial charge in [0.15, 0.2) is 0 Å². The van der Waals surface area contributed by atoms with Crippen molar-refractivity contribution in [1.82, 2.24) is 10.3 Å². The Hall–Kier alpha value is -3.06. The van der Waals surface area contributed by atoms with Crippen LogP contribution in [0.25, 0.3) is 16.5 Å². The zero-order chi connectivity index (χ0) is 19.5. The molecule has 0 bridgehead atoms. The average molecular weight is 395 g/mol. The number of alkyl carbamates (subject to hydrolysis) is 1. The molecule has 0 spiro atoms. The van der Waals surface area contributed by atoms with Crippen molar-refractivity contribution >= 4 is 45.4 Å². The maximum Gasteiger partial charge on any atom is 0.407 e. The predicted octanol–water partition coefficient (Wildman–Crippen LogP) is 4.56. The Morgan fingerprint density at radius 3 is 3.00 bits per heavy atom. The van der Waals surface area contributed by atoms with Crippen molar-refractivity contribution in [2.24, 2.45) is 10.7 Å². The molecular weight excluding hydrogens is 372 g/mol. The van der Waals surface area contributed by atoms with Crippen LogP contribution in [0.1, 0.15) is 29.7 Å². The van der Waals surface area contributed by atoms with Crippen LogP contribution < -0.4 is 11.1 Å². The fraction of sp³-hybridized carbons (Fsp3) is 0.238. The number of hydrogen-bond donors (Lipinski definition) is 3. The predicted molar refractivity (Wildman–Crippen MR) is 114 cm³/mol. The van der Waals surface area contributed by atoms with Crippen LogP contribution in [0.4, 0.5) is 10.5 Å². The number of carbonyl (C=O) groups is 1. The van der Waals surface area contributed by atoms with E-state index >= 15 is 0 Å². The van der Waals surface area contributed by atoms with Gasteiger partial charge in [-0.05, 0) is 48.4 Å². The summed E-state index contributed by atoms with van der Waals surface area (Å²) in [5.41, 5.74) is 10.5. The molecule has 3 aromatic rings. The van der Waals surface area contributed by atoms with Gasteiger partial charge in [-0.15, -0.1) is 11.3 Å². The molecule has 0 aliphatic heterocycles. The van der Waals surface area contributed by atoms with Gasteiger partial charge in [0.1, 0.15) is 5.84 Å². The highest BCUT2D eigenvalue weighted by molar-refractivity contribution is 7.12. The van der Waals surface area contributed by atoms with Crippen LogP contribution in [0, 0.1) is 0 Å². The van der Waals surface area contributed by atoms with Gasteiger partial charge in [-0.2, -0.15) is 0 Å². The number of H-pyrrole nitrogens is 1. The Bertz CT molecular complexity index is 1050. The van der Waals surface area contributed by atoms with Gasteiger partial charge in [0.25, 0.3) is 0 Å². The molecule has 0 fully saturated rings. The van der Waals surface area contributed by atoms with Crippen LogP contribution in [0.3, 0.4) is 0 Å². The number of aromatic amines is 1. The van der Waals surface area contributed by atoms with Crippen LogP contribution in [-0.2, 0) is 4.74 Å². The van der Waals surface area contributed by atoms with Crippen molar-refractivity contribution in [2.75, 3.05) is 7.11 Å². The number of aromatic nitrogens is 1. The summed E-state index contributed by atoms with van der Waals surface area (Å²) in [5, 5.41) is 6.02. The number of aliphatic imine (C=N–C) groups is 1. The van der Waals surface area contributed by atoms with E-state index in [0.29, 0.717) is 5.84 Å². The van der Waals surface area contributed by atoms with Gasteiger partial charge >= 0.3 is 6.09 Å². The normalized spacial score (nSPS) is 17.4. The van der Waals surface area contributed by atoms with Crippen molar-refractivity contribution in [1.29, 1.82) is 0 Å². The second kappa shape index (κ2) is 7.90. The number of hydrogen-bond acceptors (Lipinski definition) is 4. The van der Waals surface area contributed by atoms with Gasteiger partial charge < -0.3 is 20.8 Å². The minimum Gasteiger partial charge on any atom is -0.453 e. The first-order valence-electron chi connectivity index (χ1n) is 9.17. The lowest BCUT2D eigenvalue weighted by atomic mass is 9.90. The van der Waals surface area contributed by atoms with Crippen LogP contribution in [-0.4, -0.2) is 30.1 Å². The summed E-state index contributed by atoms with van der Waals surface area (Å²) in [6.07, 6.45) is 6.48. The van der Waals surface area contributed by atoms with Crippen molar-refractivity contribution < 1.29 is 9.53 Å². The molecule has 4 rings (SSSR count). The Labute approximate surface area is 167 Å². The molecule has 0 saturated heterocycles. The lowest BCUT2D eigenvalue weighted by molar-refractivity contribution is 0.166. The first-order chi connectivity index (χ1) is 13.6. The van der Waals surface area contributed by atoms with Crippen molar-refractivity contribution in [3.8, 4) is 0 Å². The van der Waals surface area contributed by atoms with E-state index in [0.717, 1.165) is 35.3 Å². The molecular formula is C21H22N4O2S. The molecule has 0 saturated carbocycles. The van der Waals surface area contributed by atoms with Crippen molar-refractivity contribution in [2.45, 2.75) is 25.3 Å². The number of nitrogens with two attached hydrogens (primary N) is 1. The molecule has 6 nitrogen and oxygen atoms in total. The Kier molecular flexibility index (Phi) is 5.16. The topological polar surface area (TPSA) is 92.5 Å². The molecule has 1 unspecified atom stereocenters. The van der Waals surface area contributed by atoms with Gasteiger partial charge in [0.2, 0.25) is 0 Å². The maximum atomic E-state index is 11.4. The molecule has 144 valence electrons. The number of amides is 1. The van der Waals surface area contributed by atoms with Gasteiger partial charge in [0, 0.05) is 28.7 Å². The summed E-state index contributed by atoms with van der Waals surface area (Å²) in [6.45, 7) is 0. The highest BCUT2D eigenvalue weighted by atomic mass is 32.1. The Balaban J connectivity index is 1.54. The van der Waals surface area contributed by atoms with E-state index in [1.807, 2.05) is 35.8 Å². The number of benzene rings is 1. The van der Waals surface area contributed by atoms with Gasteiger partial charge in [0.05, 0.1) is 17.7 Å². The quantitative estimate of drug-likeness (QED) is 0.447. The number of methoxy groups -OCH3 is 1. The van der Waals surface area contributed by atoms with E-state index in [1.165, 1.54) is 23.6 Å². The van der Waals surface area contributed by atoms with Crippen molar-refractivity contribution in [3.05, 3.63) is 58.4 Å². The monoisotopic (exact) mass is 394 g/mol. The maximum absolute atomic E-state index is 11.4. The lowest BCUT2D eigenvalue weighted by Crippen LogP contribution is -2.35. The smallest absolute Gasteiger partial charge is 0.407 e. The number of ether oxygens (including phenoxy) is 1. The average Bonchev–Trinajstić information content (AvgIpc) is 3.38. The third kappa shape index (κ3) is 3.80. The second-order valence-corrected chi connectivity index (χ2v) is 7.69. The zero-order valence-corrected chi connectivity index (χ0v) is 16.4.